The van der Waals surface area contributed by atoms with Crippen LogP contribution in [0.4, 0.5) is 0 Å². The minimum atomic E-state index is -0.543. The van der Waals surface area contributed by atoms with Crippen LogP contribution < -0.4 is 5.10 Å². The van der Waals surface area contributed by atoms with E-state index >= 15 is 0 Å². The summed E-state index contributed by atoms with van der Waals surface area (Å²) in [7, 11) is 0. The first-order valence-electron chi connectivity index (χ1n) is 11.1. The van der Waals surface area contributed by atoms with Gasteiger partial charge in [0, 0.05) is 12.2 Å². The summed E-state index contributed by atoms with van der Waals surface area (Å²) in [4.78, 5) is 7.09. The van der Waals surface area contributed by atoms with E-state index in [0.717, 1.165) is 53.5 Å². The molecule has 0 bridgehead atoms. The second kappa shape index (κ2) is 12.9. The van der Waals surface area contributed by atoms with E-state index in [2.05, 4.69) is 87.5 Å². The quantitative estimate of drug-likeness (QED) is 0.213. The first-order chi connectivity index (χ1) is 16.0. The molecule has 172 valence electrons. The number of benzene rings is 2. The molecule has 0 atom stereocenters. The molecular weight excluding hydrogens is 537 g/mol. The van der Waals surface area contributed by atoms with Crippen molar-refractivity contribution >= 4 is 31.5 Å². The normalized spacial score (nSPS) is 10.6. The molecule has 2 aromatic heterocycles. The average molecular weight is 568 g/mol. The minimum absolute atomic E-state index is 0.541. The van der Waals surface area contributed by atoms with Crippen LogP contribution in [0.15, 0.2) is 53.7 Å². The summed E-state index contributed by atoms with van der Waals surface area (Å²) < 4.78 is 2.22. The zero-order valence-corrected chi connectivity index (χ0v) is 23.7. The number of unbranched alkanes of at least 4 members (excludes halogenated alkanes) is 1. The number of thioether (sulfide) groups is 1. The molecule has 0 fully saturated rings. The molecule has 0 aliphatic rings. The Morgan fingerprint density at radius 2 is 1.64 bits per heavy atom. The molecule has 0 N–H and O–H groups in total. The Labute approximate surface area is 207 Å². The van der Waals surface area contributed by atoms with Gasteiger partial charge in [-0.2, -0.15) is 5.21 Å². The van der Waals surface area contributed by atoms with E-state index < -0.39 is 19.8 Å². The zero-order valence-electron chi connectivity index (χ0n) is 20.0. The standard InChI is InChI=1S/C21H22N7S.3CH3.Sn/c1-3-4-9-19-22-25-21(29-2)28(19)14-15-10-12-16(13-11-15)17-7-5-6-8-18(17)20-23-26-27-24-20;;;;/h5-8,10-13H,3-4,9,14H2,1-2H3;3*1H3;/q-1;;;;+1. The van der Waals surface area contributed by atoms with Crippen molar-refractivity contribution in [2.45, 2.75) is 52.7 Å². The van der Waals surface area contributed by atoms with Gasteiger partial charge in [0.05, 0.1) is 6.54 Å². The number of hydrogen-bond donors (Lipinski definition) is 0. The fourth-order valence-electron chi connectivity index (χ4n) is 3.30. The molecule has 0 amide bonds. The molecular formula is C24H31N7SSn. The second-order valence-electron chi connectivity index (χ2n) is 8.24. The third kappa shape index (κ3) is 7.14. The van der Waals surface area contributed by atoms with Crippen molar-refractivity contribution in [3.05, 3.63) is 59.9 Å². The van der Waals surface area contributed by atoms with Crippen LogP contribution in [0.1, 0.15) is 31.2 Å². The van der Waals surface area contributed by atoms with E-state index in [1.54, 1.807) is 11.8 Å². The molecule has 0 radical (unpaired) electrons. The van der Waals surface area contributed by atoms with Gasteiger partial charge in [0.25, 0.3) is 0 Å². The van der Waals surface area contributed by atoms with Gasteiger partial charge < -0.3 is 9.67 Å². The number of tetrazole rings is 1. The second-order valence-corrected chi connectivity index (χ2v) is 17.6. The van der Waals surface area contributed by atoms with Gasteiger partial charge in [-0.1, -0.05) is 73.6 Å². The van der Waals surface area contributed by atoms with Gasteiger partial charge in [0.1, 0.15) is 5.82 Å². The summed E-state index contributed by atoms with van der Waals surface area (Å²) in [5, 5.41) is 24.9. The monoisotopic (exact) mass is 569 g/mol. The van der Waals surface area contributed by atoms with Crippen molar-refractivity contribution in [2.24, 2.45) is 0 Å². The third-order valence-corrected chi connectivity index (χ3v) is 5.49. The van der Waals surface area contributed by atoms with E-state index in [1.807, 2.05) is 24.5 Å². The van der Waals surface area contributed by atoms with Crippen LogP contribution >= 0.6 is 11.8 Å². The van der Waals surface area contributed by atoms with Gasteiger partial charge >= 0.3 is 34.6 Å². The number of aromatic nitrogens is 7. The maximum absolute atomic E-state index is 4.39. The molecule has 0 saturated carbocycles. The summed E-state index contributed by atoms with van der Waals surface area (Å²) in [6.07, 6.45) is 5.26. The van der Waals surface area contributed by atoms with Gasteiger partial charge in [-0.3, -0.25) is 10.3 Å². The van der Waals surface area contributed by atoms with Gasteiger partial charge in [-0.05, 0) is 34.9 Å². The fraction of sp³-hybridized carbons (Fsp3) is 0.375. The Hall–Kier alpha value is -2.20. The van der Waals surface area contributed by atoms with E-state index in [1.165, 1.54) is 5.56 Å². The Balaban J connectivity index is 0.000000709. The first-order valence-corrected chi connectivity index (χ1v) is 20.9. The SMILES string of the molecule is CCCCc1nnc(SC)n1Cc1ccc(-c2ccccc2-c2nnn[n-]2)cc1.[CH3][Sn+]([CH3])[CH3]. The van der Waals surface area contributed by atoms with E-state index in [4.69, 9.17) is 0 Å². The first kappa shape index (κ1) is 25.4. The number of nitrogens with zero attached hydrogens (tertiary/aromatic N) is 7. The van der Waals surface area contributed by atoms with E-state index in [-0.39, 0.29) is 0 Å². The molecule has 4 rings (SSSR count). The summed E-state index contributed by atoms with van der Waals surface area (Å²) in [6.45, 7) is 2.96. The molecule has 0 spiro atoms. The summed E-state index contributed by atoms with van der Waals surface area (Å²) in [6, 6.07) is 16.6. The number of aryl methyl sites for hydroxylation is 1. The Kier molecular flexibility index (Phi) is 9.92. The van der Waals surface area contributed by atoms with Gasteiger partial charge in [-0.15, -0.1) is 10.2 Å². The van der Waals surface area contributed by atoms with E-state index in [0.29, 0.717) is 5.82 Å². The Morgan fingerprint density at radius 3 is 2.24 bits per heavy atom. The van der Waals surface area contributed by atoms with Crippen LogP contribution in [0.5, 0.6) is 0 Å². The van der Waals surface area contributed by atoms with Crippen LogP contribution in [0, 0.1) is 0 Å². The van der Waals surface area contributed by atoms with Crippen LogP contribution in [-0.4, -0.2) is 56.3 Å². The number of hydrogen-bond acceptors (Lipinski definition) is 6. The van der Waals surface area contributed by atoms with Crippen molar-refractivity contribution < 1.29 is 0 Å². The summed E-state index contributed by atoms with van der Waals surface area (Å²) in [5.74, 6) is 1.60. The summed E-state index contributed by atoms with van der Waals surface area (Å²) in [5.41, 5.74) is 4.31. The molecule has 0 aliphatic heterocycles. The zero-order chi connectivity index (χ0) is 23.6. The van der Waals surface area contributed by atoms with Crippen molar-refractivity contribution in [1.82, 2.24) is 35.4 Å². The molecule has 4 aromatic rings. The molecule has 0 aliphatic carbocycles. The van der Waals surface area contributed by atoms with Crippen LogP contribution in [-0.2, 0) is 13.0 Å². The van der Waals surface area contributed by atoms with Crippen LogP contribution in [0.25, 0.3) is 22.5 Å². The Bertz CT molecular complexity index is 1110. The molecule has 0 saturated heterocycles. The molecule has 0 unspecified atom stereocenters. The maximum atomic E-state index is 4.39. The van der Waals surface area contributed by atoms with Gasteiger partial charge in [0.15, 0.2) is 5.16 Å². The van der Waals surface area contributed by atoms with Gasteiger partial charge in [-0.25, -0.2) is 0 Å². The number of rotatable bonds is 8. The molecule has 2 aromatic carbocycles. The van der Waals surface area contributed by atoms with Gasteiger partial charge in [0.2, 0.25) is 0 Å². The predicted octanol–water partition coefficient (Wildman–Crippen LogP) is 5.24. The average Bonchev–Trinajstić information content (AvgIpc) is 3.48. The molecule has 9 heteroatoms. The van der Waals surface area contributed by atoms with Crippen molar-refractivity contribution in [2.75, 3.05) is 6.26 Å². The van der Waals surface area contributed by atoms with Crippen LogP contribution in [0.2, 0.25) is 14.8 Å². The molecule has 7 nitrogen and oxygen atoms in total. The third-order valence-electron chi connectivity index (χ3n) is 4.82. The molecule has 33 heavy (non-hydrogen) atoms. The van der Waals surface area contributed by atoms with Crippen LogP contribution in [0.3, 0.4) is 0 Å². The van der Waals surface area contributed by atoms with E-state index in [9.17, 15) is 0 Å². The van der Waals surface area contributed by atoms with Crippen molar-refractivity contribution in [1.29, 1.82) is 0 Å². The topological polar surface area (TPSA) is 83.5 Å². The van der Waals surface area contributed by atoms with Crippen molar-refractivity contribution in [3.63, 3.8) is 0 Å². The van der Waals surface area contributed by atoms with Crippen molar-refractivity contribution in [3.8, 4) is 22.5 Å². The summed E-state index contributed by atoms with van der Waals surface area (Å²) >= 11 is 1.09. The molecule has 2 heterocycles. The Morgan fingerprint density at radius 1 is 0.939 bits per heavy atom. The fourth-order valence-corrected chi connectivity index (χ4v) is 3.82. The predicted molar refractivity (Wildman–Crippen MR) is 137 cm³/mol.